The summed E-state index contributed by atoms with van der Waals surface area (Å²) >= 11 is 0. The maximum Gasteiger partial charge on any atom is 0.393 e. The summed E-state index contributed by atoms with van der Waals surface area (Å²) in [5.41, 5.74) is 1.60. The van der Waals surface area contributed by atoms with Crippen molar-refractivity contribution in [3.05, 3.63) is 35.3 Å². The molecule has 1 aliphatic heterocycles. The van der Waals surface area contributed by atoms with Crippen molar-refractivity contribution in [3.63, 3.8) is 0 Å². The van der Waals surface area contributed by atoms with Crippen molar-refractivity contribution < 1.29 is 22.4 Å². The van der Waals surface area contributed by atoms with Gasteiger partial charge in [-0.3, -0.25) is 9.69 Å². The van der Waals surface area contributed by atoms with Crippen LogP contribution in [0.25, 0.3) is 10.9 Å². The lowest BCUT2D eigenvalue weighted by Gasteiger charge is -2.46. The molecule has 0 spiro atoms. The van der Waals surface area contributed by atoms with Gasteiger partial charge in [-0.1, -0.05) is 13.0 Å². The molecule has 1 aliphatic carbocycles. The van der Waals surface area contributed by atoms with Gasteiger partial charge in [0.05, 0.1) is 11.4 Å². The fraction of sp³-hybridized carbons (Fsp3) is 0.609. The molecule has 2 fully saturated rings. The second-order valence-corrected chi connectivity index (χ2v) is 9.01. The van der Waals surface area contributed by atoms with Crippen LogP contribution in [0, 0.1) is 18.7 Å². The molecule has 1 amide bonds. The van der Waals surface area contributed by atoms with Gasteiger partial charge in [-0.25, -0.2) is 4.39 Å². The Labute approximate surface area is 185 Å². The van der Waals surface area contributed by atoms with Crippen molar-refractivity contribution in [1.82, 2.24) is 20.1 Å². The van der Waals surface area contributed by atoms with Crippen LogP contribution in [0.3, 0.4) is 0 Å². The predicted octanol–water partition coefficient (Wildman–Crippen LogP) is 4.08. The van der Waals surface area contributed by atoms with Crippen molar-refractivity contribution in [3.8, 4) is 0 Å². The fourth-order valence-corrected chi connectivity index (χ4v) is 5.19. The van der Waals surface area contributed by atoms with E-state index in [1.807, 2.05) is 11.8 Å². The molecule has 5 nitrogen and oxygen atoms in total. The van der Waals surface area contributed by atoms with Gasteiger partial charge < -0.3 is 15.2 Å². The Morgan fingerprint density at radius 3 is 2.53 bits per heavy atom. The van der Waals surface area contributed by atoms with E-state index in [9.17, 15) is 22.4 Å². The molecule has 1 aromatic heterocycles. The highest BCUT2D eigenvalue weighted by molar-refractivity contribution is 5.99. The Balaban J connectivity index is 1.48. The number of hydrogen-bond acceptors (Lipinski definition) is 3. The molecular weight excluding hydrogens is 424 g/mol. The summed E-state index contributed by atoms with van der Waals surface area (Å²) in [6, 6.07) is 3.46. The van der Waals surface area contributed by atoms with Gasteiger partial charge in [0.25, 0.3) is 5.91 Å². The van der Waals surface area contributed by atoms with E-state index in [-0.39, 0.29) is 31.0 Å². The van der Waals surface area contributed by atoms with E-state index in [1.165, 1.54) is 12.1 Å². The number of likely N-dealkylation sites (N-methyl/N-ethyl adjacent to an activating group) is 1. The minimum Gasteiger partial charge on any atom is -0.350 e. The lowest BCUT2D eigenvalue weighted by Crippen LogP contribution is -2.58. The van der Waals surface area contributed by atoms with Crippen molar-refractivity contribution in [2.75, 3.05) is 32.7 Å². The normalized spacial score (nSPS) is 25.9. The molecule has 1 aromatic carbocycles. The number of piperazine rings is 1. The molecule has 9 heteroatoms. The van der Waals surface area contributed by atoms with E-state index >= 15 is 0 Å². The Hall–Kier alpha value is -2.13. The van der Waals surface area contributed by atoms with Crippen molar-refractivity contribution in [2.24, 2.45) is 5.92 Å². The summed E-state index contributed by atoms with van der Waals surface area (Å²) in [6.45, 7) is 7.49. The zero-order valence-electron chi connectivity index (χ0n) is 18.4. The van der Waals surface area contributed by atoms with E-state index < -0.39 is 29.9 Å². The zero-order chi connectivity index (χ0) is 23.0. The monoisotopic (exact) mass is 454 g/mol. The number of nitrogens with zero attached hydrogens (tertiary/aromatic N) is 2. The Kier molecular flexibility index (Phi) is 6.49. The van der Waals surface area contributed by atoms with Crippen LogP contribution in [0.5, 0.6) is 0 Å². The number of aryl methyl sites for hydroxylation is 1. The molecule has 1 saturated carbocycles. The Morgan fingerprint density at radius 2 is 1.91 bits per heavy atom. The molecule has 1 unspecified atom stereocenters. The third-order valence-corrected chi connectivity index (χ3v) is 7.09. The van der Waals surface area contributed by atoms with Crippen LogP contribution in [0.4, 0.5) is 17.6 Å². The van der Waals surface area contributed by atoms with E-state index in [0.29, 0.717) is 24.0 Å². The minimum absolute atomic E-state index is 0.00641. The third kappa shape index (κ3) is 4.64. The summed E-state index contributed by atoms with van der Waals surface area (Å²) in [5, 5.41) is 3.23. The number of amides is 1. The van der Waals surface area contributed by atoms with Gasteiger partial charge in [0.2, 0.25) is 0 Å². The number of nitrogens with one attached hydrogen (secondary N) is 2. The first-order valence-corrected chi connectivity index (χ1v) is 11.3. The summed E-state index contributed by atoms with van der Waals surface area (Å²) in [4.78, 5) is 20.0. The van der Waals surface area contributed by atoms with Crippen LogP contribution in [-0.2, 0) is 0 Å². The van der Waals surface area contributed by atoms with E-state index in [1.54, 1.807) is 6.07 Å². The quantitative estimate of drug-likeness (QED) is 0.685. The molecule has 2 N–H and O–H groups in total. The number of carbonyl (C=O) groups excluding carboxylic acids is 1. The topological polar surface area (TPSA) is 51.4 Å². The Bertz CT molecular complexity index is 926. The van der Waals surface area contributed by atoms with Crippen LogP contribution in [-0.4, -0.2) is 71.7 Å². The van der Waals surface area contributed by atoms with Crippen molar-refractivity contribution >= 4 is 16.8 Å². The highest BCUT2D eigenvalue weighted by Gasteiger charge is 2.49. The zero-order valence-corrected chi connectivity index (χ0v) is 18.4. The molecular formula is C23H30F4N4O. The van der Waals surface area contributed by atoms with Crippen LogP contribution in [0.2, 0.25) is 0 Å². The molecule has 4 rings (SSSR count). The summed E-state index contributed by atoms with van der Waals surface area (Å²) in [5.74, 6) is -2.21. The number of rotatable bonds is 4. The molecule has 2 aromatic rings. The van der Waals surface area contributed by atoms with Crippen LogP contribution >= 0.6 is 0 Å². The fourth-order valence-electron chi connectivity index (χ4n) is 5.19. The maximum absolute atomic E-state index is 14.1. The number of aromatic nitrogens is 1. The number of carbonyl (C=O) groups is 1. The summed E-state index contributed by atoms with van der Waals surface area (Å²) < 4.78 is 55.4. The average molecular weight is 455 g/mol. The summed E-state index contributed by atoms with van der Waals surface area (Å²) in [6.07, 6.45) is -3.73. The van der Waals surface area contributed by atoms with Gasteiger partial charge >= 0.3 is 6.18 Å². The van der Waals surface area contributed by atoms with Crippen molar-refractivity contribution in [1.29, 1.82) is 0 Å². The van der Waals surface area contributed by atoms with Crippen LogP contribution < -0.4 is 5.32 Å². The number of alkyl halides is 3. The second-order valence-electron chi connectivity index (χ2n) is 9.01. The molecule has 1 saturated heterocycles. The lowest BCUT2D eigenvalue weighted by atomic mass is 9.80. The van der Waals surface area contributed by atoms with Gasteiger partial charge in [0.1, 0.15) is 11.5 Å². The van der Waals surface area contributed by atoms with Gasteiger partial charge in [0, 0.05) is 43.6 Å². The Morgan fingerprint density at radius 1 is 1.19 bits per heavy atom. The first kappa shape index (κ1) is 23.0. The number of aromatic amines is 1. The molecule has 32 heavy (non-hydrogen) atoms. The molecule has 176 valence electrons. The molecule has 0 bridgehead atoms. The highest BCUT2D eigenvalue weighted by atomic mass is 19.4. The molecule has 3 atom stereocenters. The first-order chi connectivity index (χ1) is 15.2. The number of fused-ring (bicyclic) bond motifs is 1. The van der Waals surface area contributed by atoms with E-state index in [0.717, 1.165) is 25.2 Å². The average Bonchev–Trinajstić information content (AvgIpc) is 3.23. The van der Waals surface area contributed by atoms with Crippen LogP contribution in [0.1, 0.15) is 42.2 Å². The first-order valence-electron chi connectivity index (χ1n) is 11.3. The molecule has 2 aliphatic rings. The minimum atomic E-state index is -4.26. The maximum atomic E-state index is 14.1. The molecule has 2 heterocycles. The smallest absolute Gasteiger partial charge is 0.350 e. The van der Waals surface area contributed by atoms with E-state index in [2.05, 4.69) is 22.1 Å². The van der Waals surface area contributed by atoms with Gasteiger partial charge in [-0.05, 0) is 50.4 Å². The molecule has 0 radical (unpaired) electrons. The highest BCUT2D eigenvalue weighted by Crippen LogP contribution is 2.40. The van der Waals surface area contributed by atoms with Gasteiger partial charge in [-0.15, -0.1) is 0 Å². The SMILES string of the molecule is CCN1CCN([C@@H]2C[C@H](NC(=O)c3cc4c(F)ccc(C)c4[nH]3)CCC2C(F)(F)F)CC1. The third-order valence-electron chi connectivity index (χ3n) is 7.09. The van der Waals surface area contributed by atoms with Gasteiger partial charge in [0.15, 0.2) is 0 Å². The number of halogens is 4. The van der Waals surface area contributed by atoms with Crippen molar-refractivity contribution in [2.45, 2.75) is 51.4 Å². The number of H-pyrrole nitrogens is 1. The summed E-state index contributed by atoms with van der Waals surface area (Å²) in [7, 11) is 0. The van der Waals surface area contributed by atoms with Gasteiger partial charge in [-0.2, -0.15) is 13.2 Å². The second kappa shape index (κ2) is 9.02. The lowest BCUT2D eigenvalue weighted by molar-refractivity contribution is -0.202. The standard InChI is InChI=1S/C23H30F4N4O/c1-3-30-8-10-31(11-9-30)20-12-15(5-6-17(20)23(25,26)27)28-22(32)19-13-16-18(24)7-4-14(2)21(16)29-19/h4,7,13,15,17,20,29H,3,5-6,8-12H2,1-2H3,(H,28,32)/t15-,17?,20-/m1/s1. The predicted molar refractivity (Wildman–Crippen MR) is 115 cm³/mol. The largest absolute Gasteiger partial charge is 0.393 e. The number of benzene rings is 1. The number of hydrogen-bond donors (Lipinski definition) is 2. The van der Waals surface area contributed by atoms with Crippen LogP contribution in [0.15, 0.2) is 18.2 Å². The van der Waals surface area contributed by atoms with E-state index in [4.69, 9.17) is 0 Å².